The Bertz CT molecular complexity index is 306. The lowest BCUT2D eigenvalue weighted by Gasteiger charge is -2.21. The molecule has 0 radical (unpaired) electrons. The Hall–Kier alpha value is -1.06. The highest BCUT2D eigenvalue weighted by molar-refractivity contribution is 5.25. The molecule has 0 atom stereocenters. The van der Waals surface area contributed by atoms with Crippen LogP contribution in [0.1, 0.15) is 18.4 Å². The minimum absolute atomic E-state index is 0.329. The van der Waals surface area contributed by atoms with Gasteiger partial charge in [-0.05, 0) is 30.5 Å². The van der Waals surface area contributed by atoms with Crippen molar-refractivity contribution >= 4 is 0 Å². The molecule has 0 aromatic heterocycles. The van der Waals surface area contributed by atoms with E-state index in [1.54, 1.807) is 12.1 Å². The van der Waals surface area contributed by atoms with Crippen LogP contribution in [0.2, 0.25) is 0 Å². The molecule has 2 rings (SSSR count). The fraction of sp³-hybridized carbons (Fsp3) is 0.500. The van der Waals surface area contributed by atoms with Crippen molar-refractivity contribution in [2.45, 2.75) is 25.4 Å². The van der Waals surface area contributed by atoms with Crippen molar-refractivity contribution in [3.63, 3.8) is 0 Å². The summed E-state index contributed by atoms with van der Waals surface area (Å²) in [6.45, 7) is 2.63. The molecular weight excluding hydrogens is 188 g/mol. The van der Waals surface area contributed by atoms with Crippen LogP contribution in [-0.4, -0.2) is 29.1 Å². The van der Waals surface area contributed by atoms with Gasteiger partial charge in [0, 0.05) is 25.7 Å². The maximum atomic E-state index is 9.18. The fourth-order valence-corrected chi connectivity index (χ4v) is 1.83. The lowest BCUT2D eigenvalue weighted by Crippen LogP contribution is -2.30. The number of benzene rings is 1. The molecule has 0 aliphatic heterocycles. The van der Waals surface area contributed by atoms with Gasteiger partial charge >= 0.3 is 0 Å². The van der Waals surface area contributed by atoms with E-state index in [9.17, 15) is 5.11 Å². The maximum Gasteiger partial charge on any atom is 0.115 e. The van der Waals surface area contributed by atoms with Gasteiger partial charge in [0.25, 0.3) is 0 Å². The molecule has 0 unspecified atom stereocenters. The lowest BCUT2D eigenvalue weighted by molar-refractivity contribution is 0.262. The molecule has 1 aromatic carbocycles. The quantitative estimate of drug-likeness (QED) is 0.763. The van der Waals surface area contributed by atoms with Crippen LogP contribution in [0.3, 0.4) is 0 Å². The van der Waals surface area contributed by atoms with Crippen LogP contribution < -0.4 is 5.73 Å². The van der Waals surface area contributed by atoms with Crippen LogP contribution >= 0.6 is 0 Å². The number of aromatic hydroxyl groups is 1. The molecule has 0 bridgehead atoms. The molecule has 0 saturated heterocycles. The molecule has 1 aromatic rings. The van der Waals surface area contributed by atoms with Crippen molar-refractivity contribution in [2.75, 3.05) is 13.1 Å². The van der Waals surface area contributed by atoms with E-state index < -0.39 is 0 Å². The van der Waals surface area contributed by atoms with Gasteiger partial charge in [-0.2, -0.15) is 0 Å². The Morgan fingerprint density at radius 1 is 1.27 bits per heavy atom. The number of nitrogens with zero attached hydrogens (tertiary/aromatic N) is 1. The van der Waals surface area contributed by atoms with Crippen molar-refractivity contribution in [3.05, 3.63) is 29.8 Å². The summed E-state index contributed by atoms with van der Waals surface area (Å²) >= 11 is 0. The third-order valence-corrected chi connectivity index (χ3v) is 2.80. The smallest absolute Gasteiger partial charge is 0.115 e. The van der Waals surface area contributed by atoms with Gasteiger partial charge in [-0.3, -0.25) is 4.90 Å². The third-order valence-electron chi connectivity index (χ3n) is 2.80. The second kappa shape index (κ2) is 4.64. The number of phenols is 1. The average molecular weight is 206 g/mol. The molecular formula is C12H18N2O. The van der Waals surface area contributed by atoms with E-state index in [1.165, 1.54) is 18.4 Å². The first-order valence-electron chi connectivity index (χ1n) is 5.51. The molecule has 1 aliphatic carbocycles. The van der Waals surface area contributed by atoms with Crippen molar-refractivity contribution in [1.82, 2.24) is 4.90 Å². The molecule has 15 heavy (non-hydrogen) atoms. The normalized spacial score (nSPS) is 15.9. The molecule has 3 nitrogen and oxygen atoms in total. The number of nitrogens with two attached hydrogens (primary N) is 1. The molecule has 1 aliphatic rings. The monoisotopic (exact) mass is 206 g/mol. The van der Waals surface area contributed by atoms with Crippen molar-refractivity contribution < 1.29 is 5.11 Å². The van der Waals surface area contributed by atoms with Crippen LogP contribution in [0.15, 0.2) is 24.3 Å². The second-order valence-electron chi connectivity index (χ2n) is 4.16. The van der Waals surface area contributed by atoms with E-state index in [0.717, 1.165) is 19.1 Å². The minimum Gasteiger partial charge on any atom is -0.508 e. The Balaban J connectivity index is 1.95. The van der Waals surface area contributed by atoms with Crippen LogP contribution in [0.4, 0.5) is 0 Å². The summed E-state index contributed by atoms with van der Waals surface area (Å²) in [7, 11) is 0. The van der Waals surface area contributed by atoms with Crippen molar-refractivity contribution in [3.8, 4) is 5.75 Å². The first-order chi connectivity index (χ1) is 7.29. The van der Waals surface area contributed by atoms with E-state index in [-0.39, 0.29) is 0 Å². The molecule has 0 heterocycles. The Morgan fingerprint density at radius 2 is 1.93 bits per heavy atom. The number of rotatable bonds is 5. The molecule has 3 heteroatoms. The average Bonchev–Trinajstić information content (AvgIpc) is 3.04. The first kappa shape index (κ1) is 10.5. The summed E-state index contributed by atoms with van der Waals surface area (Å²) in [5.41, 5.74) is 6.83. The highest BCUT2D eigenvalue weighted by Crippen LogP contribution is 2.28. The van der Waals surface area contributed by atoms with Crippen molar-refractivity contribution in [1.29, 1.82) is 0 Å². The largest absolute Gasteiger partial charge is 0.508 e. The molecule has 1 fully saturated rings. The Morgan fingerprint density at radius 3 is 2.47 bits per heavy atom. The van der Waals surface area contributed by atoms with Gasteiger partial charge in [-0.25, -0.2) is 0 Å². The zero-order valence-electron chi connectivity index (χ0n) is 8.89. The van der Waals surface area contributed by atoms with Crippen LogP contribution in [0.5, 0.6) is 5.75 Å². The van der Waals surface area contributed by atoms with E-state index in [4.69, 9.17) is 5.73 Å². The van der Waals surface area contributed by atoms with Gasteiger partial charge in [0.15, 0.2) is 0 Å². The van der Waals surface area contributed by atoms with Gasteiger partial charge in [0.1, 0.15) is 5.75 Å². The van der Waals surface area contributed by atoms with E-state index in [2.05, 4.69) is 4.90 Å². The van der Waals surface area contributed by atoms with Gasteiger partial charge in [0.2, 0.25) is 0 Å². The summed E-state index contributed by atoms with van der Waals surface area (Å²) in [6.07, 6.45) is 2.61. The number of hydrogen-bond donors (Lipinski definition) is 2. The molecule has 0 spiro atoms. The summed E-state index contributed by atoms with van der Waals surface area (Å²) in [5.74, 6) is 0.329. The summed E-state index contributed by atoms with van der Waals surface area (Å²) in [4.78, 5) is 2.42. The second-order valence-corrected chi connectivity index (χ2v) is 4.16. The Kier molecular flexibility index (Phi) is 3.23. The SMILES string of the molecule is NCCN(Cc1ccc(O)cc1)C1CC1. The fourth-order valence-electron chi connectivity index (χ4n) is 1.83. The summed E-state index contributed by atoms with van der Waals surface area (Å²) in [5, 5.41) is 9.18. The van der Waals surface area contributed by atoms with Crippen LogP contribution in [0, 0.1) is 0 Å². The van der Waals surface area contributed by atoms with Gasteiger partial charge in [0.05, 0.1) is 0 Å². The van der Waals surface area contributed by atoms with Gasteiger partial charge < -0.3 is 10.8 Å². The van der Waals surface area contributed by atoms with E-state index in [0.29, 0.717) is 12.3 Å². The molecule has 0 amide bonds. The molecule has 1 saturated carbocycles. The van der Waals surface area contributed by atoms with E-state index in [1.807, 2.05) is 12.1 Å². The predicted octanol–water partition coefficient (Wildman–Crippen LogP) is 1.32. The van der Waals surface area contributed by atoms with Crippen LogP contribution in [-0.2, 0) is 6.54 Å². The zero-order valence-corrected chi connectivity index (χ0v) is 8.89. The first-order valence-corrected chi connectivity index (χ1v) is 5.51. The zero-order chi connectivity index (χ0) is 10.7. The summed E-state index contributed by atoms with van der Waals surface area (Å²) < 4.78 is 0. The molecule has 82 valence electrons. The highest BCUT2D eigenvalue weighted by atomic mass is 16.3. The lowest BCUT2D eigenvalue weighted by atomic mass is 10.2. The van der Waals surface area contributed by atoms with E-state index >= 15 is 0 Å². The predicted molar refractivity (Wildman–Crippen MR) is 60.6 cm³/mol. The van der Waals surface area contributed by atoms with Gasteiger partial charge in [-0.15, -0.1) is 0 Å². The summed E-state index contributed by atoms with van der Waals surface area (Å²) in [6, 6.07) is 8.16. The van der Waals surface area contributed by atoms with Gasteiger partial charge in [-0.1, -0.05) is 12.1 Å². The third kappa shape index (κ3) is 2.94. The number of hydrogen-bond acceptors (Lipinski definition) is 3. The standard InChI is InChI=1S/C12H18N2O/c13-7-8-14(11-3-4-11)9-10-1-5-12(15)6-2-10/h1-2,5-6,11,15H,3-4,7-9,13H2. The topological polar surface area (TPSA) is 49.5 Å². The minimum atomic E-state index is 0.329. The molecule has 3 N–H and O–H groups in total. The number of phenolic OH excluding ortho intramolecular Hbond substituents is 1. The maximum absolute atomic E-state index is 9.18. The van der Waals surface area contributed by atoms with Crippen LogP contribution in [0.25, 0.3) is 0 Å². The highest BCUT2D eigenvalue weighted by Gasteiger charge is 2.28. The Labute approximate surface area is 90.5 Å². The van der Waals surface area contributed by atoms with Crippen molar-refractivity contribution in [2.24, 2.45) is 5.73 Å².